The Morgan fingerprint density at radius 3 is 2.23 bits per heavy atom. The average Bonchev–Trinajstić information content (AvgIpc) is 3.55. The molecule has 0 saturated carbocycles. The normalized spacial score (nSPS) is 14.6. The van der Waals surface area contributed by atoms with Crippen LogP contribution in [0.3, 0.4) is 0 Å². The molecule has 57 heavy (non-hydrogen) atoms. The van der Waals surface area contributed by atoms with Crippen LogP contribution in [0.15, 0.2) is 114 Å². The summed E-state index contributed by atoms with van der Waals surface area (Å²) in [6.45, 7) is 8.72. The molecular weight excluding hydrogens is 798 g/mol. The molecule has 1 aromatic heterocycles. The number of fused-ring (bicyclic) bond motifs is 1. The predicted octanol–water partition coefficient (Wildman–Crippen LogP) is 11.3. The maximum absolute atomic E-state index is 14.4. The summed E-state index contributed by atoms with van der Waals surface area (Å²) >= 11 is 15.6. The lowest BCUT2D eigenvalue weighted by Crippen LogP contribution is -2.30. The molecule has 4 aromatic carbocycles. The van der Waals surface area contributed by atoms with Gasteiger partial charge in [-0.2, -0.15) is 0 Å². The van der Waals surface area contributed by atoms with Gasteiger partial charge in [0.05, 0.1) is 12.2 Å². The van der Waals surface area contributed by atoms with Gasteiger partial charge in [0.2, 0.25) is 5.91 Å². The first-order valence-corrected chi connectivity index (χ1v) is 21.0. The molecule has 0 bridgehead atoms. The minimum atomic E-state index is -0.725. The zero-order chi connectivity index (χ0) is 40.7. The molecule has 294 valence electrons. The van der Waals surface area contributed by atoms with Crippen LogP contribution in [0.2, 0.25) is 10.0 Å². The summed E-state index contributed by atoms with van der Waals surface area (Å²) in [5.41, 5.74) is 3.34. The number of benzene rings is 4. The molecule has 5 aromatic rings. The number of thiophene rings is 1. The quantitative estimate of drug-likeness (QED) is 0.0655. The number of nitrogens with one attached hydrogen (secondary N) is 3. The van der Waals surface area contributed by atoms with E-state index in [2.05, 4.69) is 36.7 Å². The summed E-state index contributed by atoms with van der Waals surface area (Å²) in [5.74, 6) is -1.40. The SMILES string of the molecule is CCOC(=O)c1c(NC(=O)C(Sc2cccc(NC(=O)/C(=C\c3c(Cl)cccc3Cl)NC(=O)c3ccccc3)c2)c2ccccc2)sc2c1CCC(C(C)(C)C)C2. The minimum absolute atomic E-state index is 0.0803. The van der Waals surface area contributed by atoms with Crippen LogP contribution >= 0.6 is 46.3 Å². The predicted molar refractivity (Wildman–Crippen MR) is 232 cm³/mol. The van der Waals surface area contributed by atoms with Gasteiger partial charge in [0.15, 0.2) is 0 Å². The molecule has 0 radical (unpaired) electrons. The number of rotatable bonds is 12. The Morgan fingerprint density at radius 2 is 1.56 bits per heavy atom. The zero-order valence-corrected chi connectivity index (χ0v) is 35.1. The molecule has 3 amide bonds. The maximum Gasteiger partial charge on any atom is 0.341 e. The average molecular weight is 841 g/mol. The van der Waals surface area contributed by atoms with E-state index in [-0.39, 0.29) is 23.6 Å². The van der Waals surface area contributed by atoms with E-state index < -0.39 is 23.0 Å². The van der Waals surface area contributed by atoms with E-state index in [1.807, 2.05) is 36.4 Å². The van der Waals surface area contributed by atoms with E-state index >= 15 is 0 Å². The number of halogens is 2. The highest BCUT2D eigenvalue weighted by Gasteiger charge is 2.35. The molecule has 2 unspecified atom stereocenters. The highest BCUT2D eigenvalue weighted by Crippen LogP contribution is 2.45. The van der Waals surface area contributed by atoms with E-state index in [4.69, 9.17) is 27.9 Å². The molecule has 3 N–H and O–H groups in total. The molecule has 0 spiro atoms. The van der Waals surface area contributed by atoms with Gasteiger partial charge in [-0.15, -0.1) is 23.1 Å². The van der Waals surface area contributed by atoms with E-state index in [1.165, 1.54) is 29.2 Å². The third-order valence-electron chi connectivity index (χ3n) is 9.71. The van der Waals surface area contributed by atoms with Crippen LogP contribution in [0, 0.1) is 11.3 Å². The second-order valence-electron chi connectivity index (χ2n) is 14.6. The Labute approximate surface area is 351 Å². The summed E-state index contributed by atoms with van der Waals surface area (Å²) in [4.78, 5) is 56.6. The van der Waals surface area contributed by atoms with E-state index in [0.717, 1.165) is 35.3 Å². The number of ether oxygens (including phenoxy) is 1. The Morgan fingerprint density at radius 1 is 0.895 bits per heavy atom. The van der Waals surface area contributed by atoms with Gasteiger partial charge >= 0.3 is 5.97 Å². The fourth-order valence-electron chi connectivity index (χ4n) is 6.63. The van der Waals surface area contributed by atoms with Crippen LogP contribution < -0.4 is 16.0 Å². The van der Waals surface area contributed by atoms with Crippen LogP contribution in [0.4, 0.5) is 10.7 Å². The third-order valence-corrected chi connectivity index (χ3v) is 12.8. The zero-order valence-electron chi connectivity index (χ0n) is 32.0. The summed E-state index contributed by atoms with van der Waals surface area (Å²) in [6.07, 6.45) is 3.96. The van der Waals surface area contributed by atoms with Gasteiger partial charge in [0.25, 0.3) is 11.8 Å². The van der Waals surface area contributed by atoms with Gasteiger partial charge in [-0.25, -0.2) is 4.79 Å². The molecule has 1 aliphatic rings. The standard InChI is InChI=1S/C45H43Cl2N3O5S2/c1-5-55-44(54)38-32-23-22-29(45(2,3)4)24-37(32)57-43(38)50-42(53)39(27-14-8-6-9-15-27)56-31-19-12-18-30(25-31)48-41(52)36(26-33-34(46)20-13-21-35(33)47)49-40(51)28-16-10-7-11-17-28/h6-21,25-26,29,39H,5,22-24H2,1-4H3,(H,48,52)(H,49,51)(H,50,53)/b36-26+. The maximum atomic E-state index is 14.4. The second kappa shape index (κ2) is 18.6. The number of carbonyl (C=O) groups is 4. The Hall–Kier alpha value is -4.87. The highest BCUT2D eigenvalue weighted by atomic mass is 35.5. The van der Waals surface area contributed by atoms with Gasteiger partial charge < -0.3 is 20.7 Å². The lowest BCUT2D eigenvalue weighted by molar-refractivity contribution is -0.116. The first kappa shape index (κ1) is 41.8. The van der Waals surface area contributed by atoms with E-state index in [0.29, 0.717) is 48.2 Å². The second-order valence-corrected chi connectivity index (χ2v) is 17.7. The number of anilines is 2. The van der Waals surface area contributed by atoms with Crippen molar-refractivity contribution in [2.45, 2.75) is 57.1 Å². The molecule has 12 heteroatoms. The summed E-state index contributed by atoms with van der Waals surface area (Å²) < 4.78 is 5.50. The van der Waals surface area contributed by atoms with Gasteiger partial charge in [-0.3, -0.25) is 14.4 Å². The molecule has 1 heterocycles. The van der Waals surface area contributed by atoms with E-state index in [9.17, 15) is 19.2 Å². The largest absolute Gasteiger partial charge is 0.462 e. The lowest BCUT2D eigenvalue weighted by Gasteiger charge is -2.33. The number of hydrogen-bond donors (Lipinski definition) is 3. The van der Waals surface area contributed by atoms with Gasteiger partial charge in [-0.1, -0.05) is 105 Å². The smallest absolute Gasteiger partial charge is 0.341 e. The van der Waals surface area contributed by atoms with Crippen molar-refractivity contribution in [2.75, 3.05) is 17.2 Å². The van der Waals surface area contributed by atoms with Crippen molar-refractivity contribution in [3.8, 4) is 0 Å². The third kappa shape index (κ3) is 10.4. The molecule has 6 rings (SSSR count). The molecule has 2 atom stereocenters. The van der Waals surface area contributed by atoms with E-state index in [1.54, 1.807) is 73.7 Å². The fraction of sp³-hybridized carbons (Fsp3) is 0.244. The number of carbonyl (C=O) groups excluding carboxylic acids is 4. The number of amides is 3. The highest BCUT2D eigenvalue weighted by molar-refractivity contribution is 8.00. The van der Waals surface area contributed by atoms with Crippen molar-refractivity contribution < 1.29 is 23.9 Å². The van der Waals surface area contributed by atoms with Gasteiger partial charge in [-0.05, 0) is 97.2 Å². The van der Waals surface area contributed by atoms with Gasteiger partial charge in [0.1, 0.15) is 15.9 Å². The van der Waals surface area contributed by atoms with Crippen molar-refractivity contribution in [1.29, 1.82) is 0 Å². The van der Waals surface area contributed by atoms with Crippen LogP contribution in [-0.4, -0.2) is 30.3 Å². The summed E-state index contributed by atoms with van der Waals surface area (Å²) in [5, 5.41) is 9.10. The molecular formula is C45H43Cl2N3O5S2. The van der Waals surface area contributed by atoms with Crippen LogP contribution in [0.25, 0.3) is 6.08 Å². The minimum Gasteiger partial charge on any atom is -0.462 e. The number of thioether (sulfide) groups is 1. The van der Waals surface area contributed by atoms with Crippen LogP contribution in [0.5, 0.6) is 0 Å². The van der Waals surface area contributed by atoms with Crippen LogP contribution in [0.1, 0.15) is 81.6 Å². The Bertz CT molecular complexity index is 2280. The van der Waals surface area contributed by atoms with Gasteiger partial charge in [0, 0.05) is 36.6 Å². The summed E-state index contributed by atoms with van der Waals surface area (Å²) in [7, 11) is 0. The molecule has 0 saturated heterocycles. The van der Waals surface area contributed by atoms with Crippen molar-refractivity contribution in [1.82, 2.24) is 5.32 Å². The van der Waals surface area contributed by atoms with Crippen molar-refractivity contribution in [3.05, 3.63) is 152 Å². The Balaban J connectivity index is 1.27. The first-order valence-electron chi connectivity index (χ1n) is 18.6. The summed E-state index contributed by atoms with van der Waals surface area (Å²) in [6, 6.07) is 30.0. The van der Waals surface area contributed by atoms with Crippen molar-refractivity contribution in [3.63, 3.8) is 0 Å². The molecule has 0 fully saturated rings. The molecule has 0 aliphatic heterocycles. The fourth-order valence-corrected chi connectivity index (χ4v) is 9.54. The Kier molecular flexibility index (Phi) is 13.6. The van der Waals surface area contributed by atoms with Crippen molar-refractivity contribution >= 4 is 86.8 Å². The monoisotopic (exact) mass is 839 g/mol. The number of hydrogen-bond acceptors (Lipinski definition) is 7. The topological polar surface area (TPSA) is 114 Å². The van der Waals surface area contributed by atoms with Crippen LogP contribution in [-0.2, 0) is 27.2 Å². The number of esters is 1. The lowest BCUT2D eigenvalue weighted by atomic mass is 9.72. The molecule has 8 nitrogen and oxygen atoms in total. The molecule has 1 aliphatic carbocycles. The first-order chi connectivity index (χ1) is 27.3. The van der Waals surface area contributed by atoms with Crippen molar-refractivity contribution in [2.24, 2.45) is 11.3 Å².